The molecule has 164 valence electrons. The zero-order valence-corrected chi connectivity index (χ0v) is 18.5. The summed E-state index contributed by atoms with van der Waals surface area (Å²) in [7, 11) is 0. The maximum atomic E-state index is 11.2. The highest BCUT2D eigenvalue weighted by atomic mass is 16.5. The Kier molecular flexibility index (Phi) is 5.08. The van der Waals surface area contributed by atoms with Gasteiger partial charge in [0, 0.05) is 37.0 Å². The fourth-order valence-corrected chi connectivity index (χ4v) is 4.96. The first kappa shape index (κ1) is 20.5. The fourth-order valence-electron chi connectivity index (χ4n) is 4.96. The molecule has 1 unspecified atom stereocenters. The van der Waals surface area contributed by atoms with Crippen LogP contribution in [0.15, 0.2) is 60.9 Å². The molecule has 1 aromatic heterocycles. The lowest BCUT2D eigenvalue weighted by Gasteiger charge is -2.22. The molecule has 3 atom stereocenters. The van der Waals surface area contributed by atoms with E-state index >= 15 is 0 Å². The Balaban J connectivity index is 1.15. The van der Waals surface area contributed by atoms with E-state index in [0.717, 1.165) is 48.9 Å². The van der Waals surface area contributed by atoms with Crippen molar-refractivity contribution in [2.24, 2.45) is 23.0 Å². The fraction of sp³-hybridized carbons (Fsp3) is 0.346. The second-order valence-corrected chi connectivity index (χ2v) is 9.12. The summed E-state index contributed by atoms with van der Waals surface area (Å²) in [4.78, 5) is 22.6. The van der Waals surface area contributed by atoms with Crippen molar-refractivity contribution in [3.05, 3.63) is 72.1 Å². The second-order valence-electron chi connectivity index (χ2n) is 9.12. The molecule has 2 aliphatic rings. The van der Waals surface area contributed by atoms with E-state index in [9.17, 15) is 4.79 Å². The van der Waals surface area contributed by atoms with Crippen LogP contribution in [-0.4, -0.2) is 35.6 Å². The molecule has 0 radical (unpaired) electrons. The van der Waals surface area contributed by atoms with Crippen molar-refractivity contribution in [1.29, 1.82) is 0 Å². The molecule has 1 aliphatic heterocycles. The van der Waals surface area contributed by atoms with E-state index in [4.69, 9.17) is 10.5 Å². The Morgan fingerprint density at radius 2 is 1.72 bits per heavy atom. The van der Waals surface area contributed by atoms with Crippen LogP contribution in [0.2, 0.25) is 0 Å². The number of aromatic nitrogens is 2. The number of hydrogen-bond acceptors (Lipinski definition) is 5. The number of nitrogens with zero attached hydrogens (tertiary/aromatic N) is 3. The molecule has 6 nitrogen and oxygen atoms in total. The molecule has 1 saturated heterocycles. The Bertz CT molecular complexity index is 1110. The number of rotatable bonds is 7. The summed E-state index contributed by atoms with van der Waals surface area (Å²) in [5, 5.41) is 0. The zero-order valence-electron chi connectivity index (χ0n) is 18.5. The smallest absolute Gasteiger partial charge is 0.248 e. The van der Waals surface area contributed by atoms with Gasteiger partial charge in [0.15, 0.2) is 0 Å². The standard InChI is InChI=1S/C26H28N4O2/c1-3-17-12-28-25(29-13-17)30-14-22-23(26(22,2)16-30)15-32-21-10-8-19(9-11-21)18-4-6-20(7-5-18)24(27)31/h4-13,22-23H,3,14-16H2,1-2H3,(H2,27,31)/t22?,23-,26-/m1/s1. The molecule has 1 amide bonds. The Morgan fingerprint density at radius 3 is 2.25 bits per heavy atom. The van der Waals surface area contributed by atoms with E-state index in [2.05, 4.69) is 28.7 Å². The lowest BCUT2D eigenvalue weighted by atomic mass is 10.0. The number of primary amides is 1. The van der Waals surface area contributed by atoms with Crippen LogP contribution in [0.1, 0.15) is 29.8 Å². The van der Waals surface area contributed by atoms with Crippen molar-refractivity contribution < 1.29 is 9.53 Å². The number of amides is 1. The van der Waals surface area contributed by atoms with Crippen LogP contribution in [0.5, 0.6) is 5.75 Å². The van der Waals surface area contributed by atoms with Gasteiger partial charge in [-0.3, -0.25) is 4.79 Å². The number of piperidine rings is 1. The number of benzene rings is 2. The maximum absolute atomic E-state index is 11.2. The third kappa shape index (κ3) is 3.70. The van der Waals surface area contributed by atoms with Crippen molar-refractivity contribution in [2.75, 3.05) is 24.6 Å². The average molecular weight is 429 g/mol. The first-order chi connectivity index (χ1) is 15.5. The molecule has 1 aliphatic carbocycles. The minimum absolute atomic E-state index is 0.273. The first-order valence-corrected chi connectivity index (χ1v) is 11.2. The van der Waals surface area contributed by atoms with Crippen molar-refractivity contribution in [1.82, 2.24) is 9.97 Å². The Morgan fingerprint density at radius 1 is 1.09 bits per heavy atom. The summed E-state index contributed by atoms with van der Waals surface area (Å²) in [5.41, 5.74) is 9.39. The van der Waals surface area contributed by atoms with Crippen molar-refractivity contribution in [3.8, 4) is 16.9 Å². The quantitative estimate of drug-likeness (QED) is 0.616. The van der Waals surface area contributed by atoms with E-state index in [1.807, 2.05) is 48.8 Å². The number of nitrogens with two attached hydrogens (primary N) is 1. The molecule has 1 saturated carbocycles. The Hall–Kier alpha value is -3.41. The summed E-state index contributed by atoms with van der Waals surface area (Å²) in [5.74, 6) is 2.50. The monoisotopic (exact) mass is 428 g/mol. The highest BCUT2D eigenvalue weighted by molar-refractivity contribution is 5.93. The maximum Gasteiger partial charge on any atom is 0.248 e. The van der Waals surface area contributed by atoms with E-state index in [1.54, 1.807) is 12.1 Å². The number of hydrogen-bond donors (Lipinski definition) is 1. The molecular formula is C26H28N4O2. The average Bonchev–Trinajstić information content (AvgIpc) is 3.19. The molecule has 5 rings (SSSR count). The minimum Gasteiger partial charge on any atom is -0.493 e. The molecule has 0 bridgehead atoms. The highest BCUT2D eigenvalue weighted by Crippen LogP contribution is 2.63. The van der Waals surface area contributed by atoms with E-state index < -0.39 is 5.91 Å². The van der Waals surface area contributed by atoms with Gasteiger partial charge in [-0.05, 0) is 58.7 Å². The van der Waals surface area contributed by atoms with Gasteiger partial charge < -0.3 is 15.4 Å². The summed E-state index contributed by atoms with van der Waals surface area (Å²) in [6.45, 7) is 7.18. The van der Waals surface area contributed by atoms with Crippen LogP contribution in [0.3, 0.4) is 0 Å². The molecule has 6 heteroatoms. The zero-order chi connectivity index (χ0) is 22.3. The number of aryl methyl sites for hydroxylation is 1. The molecule has 2 heterocycles. The molecular weight excluding hydrogens is 400 g/mol. The minimum atomic E-state index is -0.413. The van der Waals surface area contributed by atoms with Crippen LogP contribution in [0.25, 0.3) is 11.1 Å². The number of anilines is 1. The highest BCUT2D eigenvalue weighted by Gasteiger charge is 2.66. The van der Waals surface area contributed by atoms with Crippen LogP contribution in [0.4, 0.5) is 5.95 Å². The van der Waals surface area contributed by atoms with Gasteiger partial charge in [0.2, 0.25) is 11.9 Å². The van der Waals surface area contributed by atoms with Crippen LogP contribution < -0.4 is 15.4 Å². The third-order valence-electron chi connectivity index (χ3n) is 7.19. The molecule has 2 N–H and O–H groups in total. The lowest BCUT2D eigenvalue weighted by Crippen LogP contribution is -2.29. The topological polar surface area (TPSA) is 81.3 Å². The molecule has 2 fully saturated rings. The molecule has 0 spiro atoms. The second kappa shape index (κ2) is 7.93. The van der Waals surface area contributed by atoms with Gasteiger partial charge in [0.25, 0.3) is 0 Å². The normalized spacial score (nSPS) is 23.6. The summed E-state index contributed by atoms with van der Waals surface area (Å²) < 4.78 is 6.13. The molecule has 3 aromatic rings. The molecule has 2 aromatic carbocycles. The third-order valence-corrected chi connectivity index (χ3v) is 7.19. The van der Waals surface area contributed by atoms with E-state index in [0.29, 0.717) is 17.4 Å². The summed E-state index contributed by atoms with van der Waals surface area (Å²) in [6, 6.07) is 15.4. The van der Waals surface area contributed by atoms with Gasteiger partial charge >= 0.3 is 0 Å². The van der Waals surface area contributed by atoms with Gasteiger partial charge in [-0.15, -0.1) is 0 Å². The number of carbonyl (C=O) groups excluding carboxylic acids is 1. The van der Waals surface area contributed by atoms with Crippen LogP contribution >= 0.6 is 0 Å². The van der Waals surface area contributed by atoms with Gasteiger partial charge in [0.1, 0.15) is 5.75 Å². The SMILES string of the molecule is CCc1cnc(N2CC3[C@@H](COc4ccc(-c5ccc(C(N)=O)cc5)cc4)[C@]3(C)C2)nc1. The number of carbonyl (C=O) groups is 1. The number of ether oxygens (including phenoxy) is 1. The van der Waals surface area contributed by atoms with Gasteiger partial charge in [-0.25, -0.2) is 9.97 Å². The van der Waals surface area contributed by atoms with Gasteiger partial charge in [0.05, 0.1) is 6.61 Å². The van der Waals surface area contributed by atoms with Crippen LogP contribution in [0, 0.1) is 17.3 Å². The first-order valence-electron chi connectivity index (χ1n) is 11.2. The van der Waals surface area contributed by atoms with Crippen molar-refractivity contribution in [2.45, 2.75) is 20.3 Å². The van der Waals surface area contributed by atoms with E-state index in [-0.39, 0.29) is 5.41 Å². The van der Waals surface area contributed by atoms with Crippen LogP contribution in [-0.2, 0) is 6.42 Å². The summed E-state index contributed by atoms with van der Waals surface area (Å²) in [6.07, 6.45) is 4.83. The number of fused-ring (bicyclic) bond motifs is 1. The predicted octanol–water partition coefficient (Wildman–Crippen LogP) is 3.96. The van der Waals surface area contributed by atoms with Gasteiger partial charge in [-0.1, -0.05) is 38.1 Å². The summed E-state index contributed by atoms with van der Waals surface area (Å²) >= 11 is 0. The van der Waals surface area contributed by atoms with Crippen molar-refractivity contribution in [3.63, 3.8) is 0 Å². The lowest BCUT2D eigenvalue weighted by molar-refractivity contribution is 0.100. The molecule has 32 heavy (non-hydrogen) atoms. The van der Waals surface area contributed by atoms with E-state index in [1.165, 1.54) is 5.56 Å². The van der Waals surface area contributed by atoms with Crippen molar-refractivity contribution >= 4 is 11.9 Å². The largest absolute Gasteiger partial charge is 0.493 e. The Labute approximate surface area is 188 Å². The van der Waals surface area contributed by atoms with Gasteiger partial charge in [-0.2, -0.15) is 0 Å². The predicted molar refractivity (Wildman–Crippen MR) is 125 cm³/mol.